The van der Waals surface area contributed by atoms with E-state index in [2.05, 4.69) is 20.1 Å². The number of aliphatic carboxylic acids is 2. The zero-order valence-electron chi connectivity index (χ0n) is 38.8. The van der Waals surface area contributed by atoms with Gasteiger partial charge in [0.25, 0.3) is 0 Å². The molecule has 0 aromatic rings. The first-order valence-electron chi connectivity index (χ1n) is 21.9. The second kappa shape index (κ2) is 25.4. The van der Waals surface area contributed by atoms with Crippen LogP contribution in [0.4, 0.5) is 0 Å². The average molecular weight is 1140 g/mol. The van der Waals surface area contributed by atoms with Crippen molar-refractivity contribution in [3.63, 3.8) is 0 Å². The van der Waals surface area contributed by atoms with Crippen LogP contribution in [-0.2, 0) is 95.8 Å². The van der Waals surface area contributed by atoms with Crippen LogP contribution in [0.25, 0.3) is 0 Å². The highest BCUT2D eigenvalue weighted by Gasteiger charge is 2.60. The summed E-state index contributed by atoms with van der Waals surface area (Å²) in [7, 11) is -11.2. The first-order valence-corrected chi connectivity index (χ1v) is 24.6. The van der Waals surface area contributed by atoms with Gasteiger partial charge >= 0.3 is 32.7 Å². The monoisotopic (exact) mass is 1140 g/mol. The summed E-state index contributed by atoms with van der Waals surface area (Å²) in [4.78, 5) is 62.5. The molecule has 5 aliphatic rings. The summed E-state index contributed by atoms with van der Waals surface area (Å²) < 4.78 is 126. The van der Waals surface area contributed by atoms with E-state index in [1.165, 1.54) is 0 Å². The molecule has 5 rings (SSSR count). The third kappa shape index (κ3) is 14.9. The lowest BCUT2D eigenvalue weighted by molar-refractivity contribution is -0.372. The quantitative estimate of drug-likeness (QED) is 0.0503. The van der Waals surface area contributed by atoms with Gasteiger partial charge in [-0.3, -0.25) is 23.5 Å². The van der Waals surface area contributed by atoms with Crippen LogP contribution in [0, 0.1) is 0 Å². The number of aliphatic hydroxyl groups excluding tert-OH is 10. The molecule has 0 aromatic heterocycles. The molecule has 3 amide bonds. The molecule has 5 heterocycles. The second-order valence-corrected chi connectivity index (χ2v) is 19.3. The fourth-order valence-electron chi connectivity index (χ4n) is 8.65. The number of carboxylic acid groups (broad SMARTS) is 2. The van der Waals surface area contributed by atoms with Crippen LogP contribution in [0.3, 0.4) is 0 Å². The zero-order chi connectivity index (χ0) is 56.3. The van der Waals surface area contributed by atoms with Crippen molar-refractivity contribution in [2.24, 2.45) is 0 Å². The van der Waals surface area contributed by atoms with E-state index >= 15 is 0 Å². The van der Waals surface area contributed by atoms with Crippen LogP contribution in [0.2, 0.25) is 0 Å². The van der Waals surface area contributed by atoms with E-state index in [1.54, 1.807) is 0 Å². The van der Waals surface area contributed by atoms with Crippen LogP contribution in [-0.4, -0.2) is 290 Å². The van der Waals surface area contributed by atoms with Crippen molar-refractivity contribution in [2.45, 2.75) is 174 Å². The van der Waals surface area contributed by atoms with Crippen molar-refractivity contribution in [3.8, 4) is 0 Å². The topological polar surface area (TPSA) is 574 Å². The van der Waals surface area contributed by atoms with E-state index in [4.69, 9.17) is 46.8 Å². The predicted molar refractivity (Wildman–Crippen MR) is 223 cm³/mol. The summed E-state index contributed by atoms with van der Waals surface area (Å²) in [5.74, 6) is -7.11. The van der Waals surface area contributed by atoms with Gasteiger partial charge < -0.3 is 120 Å². The molecule has 75 heavy (non-hydrogen) atoms. The third-order valence-electron chi connectivity index (χ3n) is 11.9. The van der Waals surface area contributed by atoms with E-state index < -0.39 is 224 Å². The number of aliphatic hydroxyl groups is 10. The van der Waals surface area contributed by atoms with Gasteiger partial charge in [0, 0.05) is 20.8 Å². The Kier molecular flexibility index (Phi) is 21.1. The van der Waals surface area contributed by atoms with Gasteiger partial charge in [0.2, 0.25) is 17.7 Å². The number of hydrogen-bond donors (Lipinski definition) is 17. The maximum atomic E-state index is 12.8. The van der Waals surface area contributed by atoms with E-state index in [9.17, 15) is 111 Å². The highest BCUT2D eigenvalue weighted by molar-refractivity contribution is 7.81. The fraction of sp³-hybridized carbons (Fsp3) is 0.861. The lowest BCUT2D eigenvalue weighted by atomic mass is 9.93. The summed E-state index contributed by atoms with van der Waals surface area (Å²) in [6.45, 7) is -0.956. The maximum absolute atomic E-state index is 12.8. The Morgan fingerprint density at radius 2 is 0.773 bits per heavy atom. The van der Waals surface area contributed by atoms with Gasteiger partial charge in [0.05, 0.1) is 19.8 Å². The molecule has 5 fully saturated rings. The smallest absolute Gasteiger partial charge is 0.397 e. The molecule has 0 saturated carbocycles. The van der Waals surface area contributed by atoms with E-state index in [0.717, 1.165) is 20.8 Å². The minimum atomic E-state index is -5.72. The SMILES string of the molecule is CC(=O)N[C@H]1[C@H](O[C@H]2[C@H](O)[C@@H](O)[C@H](O[C@@H]3[C@@H](NC(C)=O)[C@H](O[C@H]4[C@H](O)[C@@H](O)[C@H](O[C@H]5[C@@H](OS(=O)(=O)O)[C@@H](CO)OC(O)[C@@H]5NC(C)=O)O[C@H]4C(=O)O)O[C@H](CO)[C@@H]3OS(=O)(=O)O)O[C@H]2C(=O)O)O[C@H](CO)[C@H](O)[C@@H]1O. The van der Waals surface area contributed by atoms with Crippen molar-refractivity contribution in [2.75, 3.05) is 19.8 Å². The number of rotatable bonds is 20. The van der Waals surface area contributed by atoms with Crippen molar-refractivity contribution >= 4 is 50.5 Å². The Labute approximate surface area is 421 Å². The summed E-state index contributed by atoms with van der Waals surface area (Å²) in [6.07, 6.45) is -51.1. The van der Waals surface area contributed by atoms with Crippen LogP contribution < -0.4 is 16.0 Å². The number of amides is 3. The van der Waals surface area contributed by atoms with Crippen molar-refractivity contribution in [3.05, 3.63) is 0 Å². The van der Waals surface area contributed by atoms with Crippen LogP contribution in [0.5, 0.6) is 0 Å². The molecule has 0 spiro atoms. The largest absolute Gasteiger partial charge is 0.479 e. The minimum Gasteiger partial charge on any atom is -0.479 e. The van der Waals surface area contributed by atoms with E-state index in [1.807, 2.05) is 0 Å². The molecule has 0 bridgehead atoms. The molecule has 37 nitrogen and oxygen atoms in total. The molecule has 0 aliphatic carbocycles. The first-order chi connectivity index (χ1) is 34.8. The average Bonchev–Trinajstić information content (AvgIpc) is 3.29. The summed E-state index contributed by atoms with van der Waals surface area (Å²) in [5, 5.41) is 134. The summed E-state index contributed by atoms with van der Waals surface area (Å²) in [6, 6.07) is -5.96. The summed E-state index contributed by atoms with van der Waals surface area (Å²) >= 11 is 0. The number of hydrogen-bond acceptors (Lipinski definition) is 30. The van der Waals surface area contributed by atoms with Crippen LogP contribution in [0.15, 0.2) is 0 Å². The van der Waals surface area contributed by atoms with Crippen molar-refractivity contribution < 1.29 is 162 Å². The summed E-state index contributed by atoms with van der Waals surface area (Å²) in [5.41, 5.74) is 0. The molecular formula is C36H57N3O34S2. The van der Waals surface area contributed by atoms with Gasteiger partial charge in [-0.1, -0.05) is 0 Å². The number of carboxylic acids is 2. The first kappa shape index (κ1) is 62.2. The Morgan fingerprint density at radius 3 is 1.16 bits per heavy atom. The van der Waals surface area contributed by atoms with Gasteiger partial charge in [0.1, 0.15) is 110 Å². The van der Waals surface area contributed by atoms with Gasteiger partial charge in [-0.2, -0.15) is 16.8 Å². The van der Waals surface area contributed by atoms with Gasteiger partial charge in [-0.15, -0.1) is 0 Å². The zero-order valence-corrected chi connectivity index (χ0v) is 40.4. The van der Waals surface area contributed by atoms with Gasteiger partial charge in [0.15, 0.2) is 43.7 Å². The number of carbonyl (C=O) groups excluding carboxylic acids is 3. The predicted octanol–water partition coefficient (Wildman–Crippen LogP) is -11.7. The normalized spacial score (nSPS) is 42.7. The number of nitrogens with one attached hydrogen (secondary N) is 3. The maximum Gasteiger partial charge on any atom is 0.397 e. The highest BCUT2D eigenvalue weighted by atomic mass is 32.3. The molecule has 1 unspecified atom stereocenters. The van der Waals surface area contributed by atoms with Gasteiger partial charge in [-0.05, 0) is 0 Å². The van der Waals surface area contributed by atoms with Crippen LogP contribution in [0.1, 0.15) is 20.8 Å². The van der Waals surface area contributed by atoms with E-state index in [0.29, 0.717) is 0 Å². The Bertz CT molecular complexity index is 2230. The Hall–Kier alpha value is -3.67. The van der Waals surface area contributed by atoms with Crippen LogP contribution >= 0.6 is 0 Å². The molecule has 5 aliphatic heterocycles. The molecule has 17 N–H and O–H groups in total. The lowest BCUT2D eigenvalue weighted by Crippen LogP contribution is -2.71. The van der Waals surface area contributed by atoms with Gasteiger partial charge in [-0.25, -0.2) is 18.0 Å². The fourth-order valence-corrected chi connectivity index (χ4v) is 9.68. The Balaban J connectivity index is 1.49. The lowest BCUT2D eigenvalue weighted by Gasteiger charge is -2.50. The molecule has 0 aromatic carbocycles. The number of carbonyl (C=O) groups is 5. The third-order valence-corrected chi connectivity index (χ3v) is 12.8. The second-order valence-electron chi connectivity index (χ2n) is 17.2. The standard InChI is InChI=1S/C36H57N3O34S2/c1-7(43)37-13-17(47)16(46)10(4-40)64-33(13)68-26-18(48)21(51)36(71-28(26)30(52)53)67-25-15(39-9(3)45)34(65-12(6-42)23(25)73-75(60,61)62)69-27-19(49)20(50)35(70-29(27)31(54)55)66-24-14(38-8(2)44)32(56)63-11(5-41)22(24)72-74(57,58)59/h10-29,32-36,40-42,46-51,56H,4-6H2,1-3H3,(H,37,43)(H,38,44)(H,39,45)(H,52,53)(H,54,55)(H,57,58,59)(H,60,61,62)/t10-,11-,12-,13-,14-,15-,16+,17-,18-,19-,20-,21-,22+,23+,24-,25-,26+,27+,28-,29-,32?,33+,34+,35-,36-/m1/s1. The molecular weight excluding hydrogens is 1080 g/mol. The Morgan fingerprint density at radius 1 is 0.427 bits per heavy atom. The molecule has 39 heteroatoms. The minimum absolute atomic E-state index is 0.786. The molecule has 432 valence electrons. The van der Waals surface area contributed by atoms with E-state index in [-0.39, 0.29) is 0 Å². The van der Waals surface area contributed by atoms with Crippen molar-refractivity contribution in [1.29, 1.82) is 0 Å². The van der Waals surface area contributed by atoms with Crippen molar-refractivity contribution in [1.82, 2.24) is 16.0 Å². The molecule has 25 atom stereocenters. The highest BCUT2D eigenvalue weighted by Crippen LogP contribution is 2.37. The number of ether oxygens (including phenoxy) is 9. The molecule has 0 radical (unpaired) electrons. The molecule has 5 saturated heterocycles.